The molecule has 0 saturated heterocycles. The summed E-state index contributed by atoms with van der Waals surface area (Å²) in [5.41, 5.74) is 1.45. The molecule has 0 aliphatic carbocycles. The summed E-state index contributed by atoms with van der Waals surface area (Å²) in [7, 11) is 0. The third-order valence-corrected chi connectivity index (χ3v) is 5.97. The van der Waals surface area contributed by atoms with Crippen molar-refractivity contribution in [3.63, 3.8) is 0 Å². The molecule has 1 aromatic heterocycles. The molecule has 38 heavy (non-hydrogen) atoms. The number of ether oxygens (including phenoxy) is 1. The SMILES string of the molecule is CCC(NC(=O)[C@H](CC(C)C)NC(=O)OCc1ccccc1)C(=O)C(=O)NCc1nccc2ccccc12. The lowest BCUT2D eigenvalue weighted by Gasteiger charge is -2.23. The highest BCUT2D eigenvalue weighted by Crippen LogP contribution is 2.16. The summed E-state index contributed by atoms with van der Waals surface area (Å²) in [6.07, 6.45) is 1.44. The van der Waals surface area contributed by atoms with Gasteiger partial charge in [-0.15, -0.1) is 0 Å². The van der Waals surface area contributed by atoms with Crippen LogP contribution in [0.5, 0.6) is 0 Å². The molecule has 0 spiro atoms. The fourth-order valence-corrected chi connectivity index (χ4v) is 3.97. The van der Waals surface area contributed by atoms with Gasteiger partial charge in [0.2, 0.25) is 11.7 Å². The van der Waals surface area contributed by atoms with Crippen LogP contribution in [0.4, 0.5) is 4.79 Å². The number of ketones is 1. The van der Waals surface area contributed by atoms with Crippen LogP contribution in [0.3, 0.4) is 0 Å². The highest BCUT2D eigenvalue weighted by Gasteiger charge is 2.30. The summed E-state index contributed by atoms with van der Waals surface area (Å²) in [6.45, 7) is 5.65. The van der Waals surface area contributed by atoms with E-state index < -0.39 is 35.8 Å². The number of aromatic nitrogens is 1. The van der Waals surface area contributed by atoms with Gasteiger partial charge < -0.3 is 20.7 Å². The highest BCUT2D eigenvalue weighted by atomic mass is 16.5. The zero-order valence-corrected chi connectivity index (χ0v) is 21.9. The van der Waals surface area contributed by atoms with Crippen molar-refractivity contribution < 1.29 is 23.9 Å². The number of hydrogen-bond donors (Lipinski definition) is 3. The fourth-order valence-electron chi connectivity index (χ4n) is 3.97. The van der Waals surface area contributed by atoms with E-state index in [9.17, 15) is 19.2 Å². The second kappa shape index (κ2) is 13.9. The summed E-state index contributed by atoms with van der Waals surface area (Å²) >= 11 is 0. The number of pyridine rings is 1. The Morgan fingerprint density at radius 3 is 2.32 bits per heavy atom. The molecule has 0 aliphatic rings. The summed E-state index contributed by atoms with van der Waals surface area (Å²) in [5.74, 6) is -2.06. The molecule has 0 saturated carbocycles. The lowest BCUT2D eigenvalue weighted by Crippen LogP contribution is -2.54. The Kier molecular flexibility index (Phi) is 10.3. The van der Waals surface area contributed by atoms with Gasteiger partial charge in [0.1, 0.15) is 12.6 Å². The maximum Gasteiger partial charge on any atom is 0.408 e. The monoisotopic (exact) mass is 518 g/mol. The normalized spacial score (nSPS) is 12.4. The first-order valence-electron chi connectivity index (χ1n) is 12.7. The van der Waals surface area contributed by atoms with E-state index in [1.165, 1.54) is 0 Å². The molecule has 2 atom stereocenters. The molecule has 0 aliphatic heterocycles. The Labute approximate surface area is 222 Å². The molecule has 3 N–H and O–H groups in total. The van der Waals surface area contributed by atoms with Gasteiger partial charge in [-0.2, -0.15) is 0 Å². The summed E-state index contributed by atoms with van der Waals surface area (Å²) < 4.78 is 5.24. The minimum Gasteiger partial charge on any atom is -0.445 e. The van der Waals surface area contributed by atoms with E-state index in [1.807, 2.05) is 74.5 Å². The maximum absolute atomic E-state index is 13.0. The minimum absolute atomic E-state index is 0.0600. The van der Waals surface area contributed by atoms with Crippen LogP contribution in [0.15, 0.2) is 66.9 Å². The zero-order valence-electron chi connectivity index (χ0n) is 21.9. The Balaban J connectivity index is 1.58. The van der Waals surface area contributed by atoms with Gasteiger partial charge in [0.25, 0.3) is 5.91 Å². The molecule has 3 amide bonds. The van der Waals surface area contributed by atoms with Gasteiger partial charge in [-0.3, -0.25) is 19.4 Å². The Morgan fingerprint density at radius 2 is 1.61 bits per heavy atom. The summed E-state index contributed by atoms with van der Waals surface area (Å²) in [6, 6.07) is 16.7. The van der Waals surface area contributed by atoms with Crippen molar-refractivity contribution in [3.05, 3.63) is 78.1 Å². The number of nitrogens with zero attached hydrogens (tertiary/aromatic N) is 1. The fraction of sp³-hybridized carbons (Fsp3) is 0.345. The average Bonchev–Trinajstić information content (AvgIpc) is 2.92. The molecule has 0 bridgehead atoms. The van der Waals surface area contributed by atoms with E-state index in [-0.39, 0.29) is 25.5 Å². The van der Waals surface area contributed by atoms with E-state index in [4.69, 9.17) is 4.74 Å². The van der Waals surface area contributed by atoms with Gasteiger partial charge in [-0.25, -0.2) is 4.79 Å². The van der Waals surface area contributed by atoms with E-state index in [1.54, 1.807) is 13.1 Å². The van der Waals surface area contributed by atoms with E-state index in [2.05, 4.69) is 20.9 Å². The third-order valence-electron chi connectivity index (χ3n) is 5.97. The van der Waals surface area contributed by atoms with Crippen LogP contribution in [0.1, 0.15) is 44.9 Å². The Morgan fingerprint density at radius 1 is 0.895 bits per heavy atom. The molecule has 9 nitrogen and oxygen atoms in total. The highest BCUT2D eigenvalue weighted by molar-refractivity contribution is 6.38. The molecule has 2 aromatic carbocycles. The topological polar surface area (TPSA) is 126 Å². The predicted molar refractivity (Wildman–Crippen MR) is 144 cm³/mol. The quantitative estimate of drug-likeness (QED) is 0.314. The number of fused-ring (bicyclic) bond motifs is 1. The van der Waals surface area contributed by atoms with Gasteiger partial charge >= 0.3 is 6.09 Å². The molecular weight excluding hydrogens is 484 g/mol. The number of hydrogen-bond acceptors (Lipinski definition) is 6. The first-order valence-corrected chi connectivity index (χ1v) is 12.7. The van der Waals surface area contributed by atoms with Crippen LogP contribution >= 0.6 is 0 Å². The standard InChI is InChI=1S/C29H34N4O5/c1-4-23(26(34)28(36)31-17-25-22-13-9-8-12-21(22)14-15-30-25)32-27(35)24(16-19(2)3)33-29(37)38-18-20-10-6-5-7-11-20/h5-15,19,23-24H,4,16-18H2,1-3H3,(H,31,36)(H,32,35)(H,33,37)/t23?,24-/m0/s1. The van der Waals surface area contributed by atoms with Gasteiger partial charge in [-0.05, 0) is 35.8 Å². The van der Waals surface area contributed by atoms with Gasteiger partial charge in [0, 0.05) is 11.6 Å². The van der Waals surface area contributed by atoms with Crippen molar-refractivity contribution in [1.82, 2.24) is 20.9 Å². The largest absolute Gasteiger partial charge is 0.445 e. The second-order valence-electron chi connectivity index (χ2n) is 9.38. The summed E-state index contributed by atoms with van der Waals surface area (Å²) in [5, 5.41) is 9.68. The van der Waals surface area contributed by atoms with Crippen molar-refractivity contribution in [2.75, 3.05) is 0 Å². The molecule has 1 heterocycles. The van der Waals surface area contributed by atoms with Crippen LogP contribution in [0, 0.1) is 5.92 Å². The van der Waals surface area contributed by atoms with Gasteiger partial charge in [0.15, 0.2) is 0 Å². The van der Waals surface area contributed by atoms with Gasteiger partial charge in [-0.1, -0.05) is 75.4 Å². The zero-order chi connectivity index (χ0) is 27.5. The van der Waals surface area contributed by atoms with Crippen molar-refractivity contribution in [2.24, 2.45) is 5.92 Å². The van der Waals surface area contributed by atoms with Crippen LogP contribution in [0.2, 0.25) is 0 Å². The molecule has 3 rings (SSSR count). The van der Waals surface area contributed by atoms with Crippen LogP contribution in [-0.4, -0.2) is 40.8 Å². The van der Waals surface area contributed by atoms with Crippen molar-refractivity contribution in [3.8, 4) is 0 Å². The van der Waals surface area contributed by atoms with Gasteiger partial charge in [0.05, 0.1) is 18.3 Å². The lowest BCUT2D eigenvalue weighted by molar-refractivity contribution is -0.140. The third kappa shape index (κ3) is 8.12. The number of amides is 3. The van der Waals surface area contributed by atoms with Crippen molar-refractivity contribution in [1.29, 1.82) is 0 Å². The van der Waals surface area contributed by atoms with Crippen LogP contribution < -0.4 is 16.0 Å². The Bertz CT molecular complexity index is 1260. The lowest BCUT2D eigenvalue weighted by atomic mass is 10.0. The van der Waals surface area contributed by atoms with E-state index >= 15 is 0 Å². The number of alkyl carbamates (subject to hydrolysis) is 1. The second-order valence-corrected chi connectivity index (χ2v) is 9.38. The maximum atomic E-state index is 13.0. The van der Waals surface area contributed by atoms with Crippen LogP contribution in [0.25, 0.3) is 10.8 Å². The van der Waals surface area contributed by atoms with Crippen LogP contribution in [-0.2, 0) is 32.3 Å². The van der Waals surface area contributed by atoms with E-state index in [0.29, 0.717) is 12.1 Å². The molecule has 9 heteroatoms. The molecular formula is C29H34N4O5. The summed E-state index contributed by atoms with van der Waals surface area (Å²) in [4.78, 5) is 55.2. The number of nitrogens with one attached hydrogen (secondary N) is 3. The van der Waals surface area contributed by atoms with Crippen molar-refractivity contribution >= 4 is 34.5 Å². The molecule has 0 radical (unpaired) electrons. The first kappa shape index (κ1) is 28.3. The smallest absolute Gasteiger partial charge is 0.408 e. The number of Topliss-reactive ketones (excluding diaryl/α,β-unsaturated/α-hetero) is 1. The molecule has 200 valence electrons. The molecule has 0 fully saturated rings. The number of carbonyl (C=O) groups is 4. The Hall–Kier alpha value is -4.27. The predicted octanol–water partition coefficient (Wildman–Crippen LogP) is 3.66. The number of rotatable bonds is 12. The minimum atomic E-state index is -1.04. The number of carbonyl (C=O) groups excluding carboxylic acids is 4. The average molecular weight is 519 g/mol. The molecule has 1 unspecified atom stereocenters. The van der Waals surface area contributed by atoms with Crippen molar-refractivity contribution in [2.45, 2.75) is 58.8 Å². The van der Waals surface area contributed by atoms with E-state index in [0.717, 1.165) is 16.3 Å². The number of benzene rings is 2. The molecule has 3 aromatic rings. The first-order chi connectivity index (χ1) is 18.3.